The summed E-state index contributed by atoms with van der Waals surface area (Å²) in [5.41, 5.74) is -0.0162. The molecular formula is C17H27N3O3. The predicted octanol–water partition coefficient (Wildman–Crippen LogP) is 1.80. The molecule has 0 saturated carbocycles. The maximum absolute atomic E-state index is 12.3. The molecule has 3 heterocycles. The van der Waals surface area contributed by atoms with Crippen LogP contribution in [0.3, 0.4) is 0 Å². The summed E-state index contributed by atoms with van der Waals surface area (Å²) >= 11 is 0. The van der Waals surface area contributed by atoms with Crippen molar-refractivity contribution in [3.05, 3.63) is 17.8 Å². The average molecular weight is 321 g/mol. The number of ether oxygens (including phenoxy) is 1. The highest BCUT2D eigenvalue weighted by Gasteiger charge is 2.30. The molecule has 0 N–H and O–H groups in total. The monoisotopic (exact) mass is 321 g/mol. The smallest absolute Gasteiger partial charge is 0.251 e. The molecule has 0 aromatic carbocycles. The van der Waals surface area contributed by atoms with Gasteiger partial charge in [-0.25, -0.2) is 4.98 Å². The van der Waals surface area contributed by atoms with Crippen molar-refractivity contribution < 1.29 is 13.9 Å². The van der Waals surface area contributed by atoms with E-state index in [0.717, 1.165) is 57.3 Å². The van der Waals surface area contributed by atoms with Crippen LogP contribution in [0.1, 0.15) is 45.3 Å². The van der Waals surface area contributed by atoms with Crippen LogP contribution in [0.25, 0.3) is 0 Å². The van der Waals surface area contributed by atoms with Gasteiger partial charge in [0.25, 0.3) is 5.91 Å². The lowest BCUT2D eigenvalue weighted by molar-refractivity contribution is -0.142. The molecule has 6 heteroatoms. The number of nitrogens with zero attached hydrogens (tertiary/aromatic N) is 3. The predicted molar refractivity (Wildman–Crippen MR) is 86.0 cm³/mol. The van der Waals surface area contributed by atoms with Gasteiger partial charge in [-0.3, -0.25) is 9.69 Å². The lowest BCUT2D eigenvalue weighted by Gasteiger charge is -2.35. The van der Waals surface area contributed by atoms with Crippen molar-refractivity contribution in [1.82, 2.24) is 14.8 Å². The fourth-order valence-corrected chi connectivity index (χ4v) is 3.02. The van der Waals surface area contributed by atoms with E-state index in [1.165, 1.54) is 0 Å². The van der Waals surface area contributed by atoms with Gasteiger partial charge in [0.2, 0.25) is 5.89 Å². The second-order valence-corrected chi connectivity index (χ2v) is 7.47. The zero-order valence-corrected chi connectivity index (χ0v) is 14.4. The molecule has 128 valence electrons. The fourth-order valence-electron chi connectivity index (χ4n) is 3.02. The third-order valence-electron chi connectivity index (χ3n) is 4.54. The first kappa shape index (κ1) is 16.5. The van der Waals surface area contributed by atoms with E-state index in [2.05, 4.69) is 30.7 Å². The van der Waals surface area contributed by atoms with Crippen molar-refractivity contribution in [2.24, 2.45) is 0 Å². The maximum atomic E-state index is 12.3. The minimum atomic E-state index is -0.206. The Kier molecular flexibility index (Phi) is 4.73. The van der Waals surface area contributed by atoms with E-state index in [0.29, 0.717) is 6.54 Å². The minimum absolute atomic E-state index is 0.0162. The highest BCUT2D eigenvalue weighted by molar-refractivity contribution is 5.81. The molecule has 1 atom stereocenters. The van der Waals surface area contributed by atoms with Crippen LogP contribution in [0, 0.1) is 0 Å². The molecule has 2 saturated heterocycles. The summed E-state index contributed by atoms with van der Waals surface area (Å²) < 4.78 is 11.3. The highest BCUT2D eigenvalue weighted by atomic mass is 16.5. The molecule has 0 aliphatic carbocycles. The van der Waals surface area contributed by atoms with Crippen molar-refractivity contribution in [3.63, 3.8) is 0 Å². The van der Waals surface area contributed by atoms with Crippen molar-refractivity contribution in [1.29, 1.82) is 0 Å². The minimum Gasteiger partial charge on any atom is -0.444 e. The number of piperazine rings is 1. The molecule has 23 heavy (non-hydrogen) atoms. The summed E-state index contributed by atoms with van der Waals surface area (Å²) in [4.78, 5) is 20.9. The van der Waals surface area contributed by atoms with Crippen molar-refractivity contribution in [2.45, 2.75) is 51.7 Å². The number of hydrogen-bond donors (Lipinski definition) is 0. The van der Waals surface area contributed by atoms with E-state index in [1.807, 2.05) is 11.1 Å². The topological polar surface area (TPSA) is 58.8 Å². The average Bonchev–Trinajstić information content (AvgIpc) is 3.18. The molecule has 3 rings (SSSR count). The standard InChI is InChI=1S/C17H27N3O3/c1-17(2,3)14-11-18-15(23-14)12-19-6-8-20(9-7-19)16(21)13-5-4-10-22-13/h11,13H,4-10,12H2,1-3H3. The van der Waals surface area contributed by atoms with Gasteiger partial charge in [-0.1, -0.05) is 20.8 Å². The first-order chi connectivity index (χ1) is 10.9. The fraction of sp³-hybridized carbons (Fsp3) is 0.765. The van der Waals surface area contributed by atoms with Crippen molar-refractivity contribution >= 4 is 5.91 Å². The summed E-state index contributed by atoms with van der Waals surface area (Å²) in [5, 5.41) is 0. The third kappa shape index (κ3) is 3.93. The second-order valence-electron chi connectivity index (χ2n) is 7.47. The zero-order chi connectivity index (χ0) is 16.4. The number of aromatic nitrogens is 1. The SMILES string of the molecule is CC(C)(C)c1cnc(CN2CCN(C(=O)C3CCCO3)CC2)o1. The number of amides is 1. The molecule has 1 unspecified atom stereocenters. The molecule has 6 nitrogen and oxygen atoms in total. The Morgan fingerprint density at radius 3 is 2.61 bits per heavy atom. The number of carbonyl (C=O) groups excluding carboxylic acids is 1. The molecule has 0 spiro atoms. The van der Waals surface area contributed by atoms with Crippen LogP contribution in [-0.4, -0.2) is 59.6 Å². The Labute approximate surface area is 137 Å². The Hall–Kier alpha value is -1.40. The van der Waals surface area contributed by atoms with Crippen LogP contribution < -0.4 is 0 Å². The summed E-state index contributed by atoms with van der Waals surface area (Å²) in [6.07, 6.45) is 3.48. The molecule has 2 aliphatic heterocycles. The van der Waals surface area contributed by atoms with E-state index in [-0.39, 0.29) is 17.4 Å². The van der Waals surface area contributed by atoms with Crippen molar-refractivity contribution in [3.8, 4) is 0 Å². The molecular weight excluding hydrogens is 294 g/mol. The molecule has 2 aliphatic rings. The van der Waals surface area contributed by atoms with E-state index in [9.17, 15) is 4.79 Å². The number of hydrogen-bond acceptors (Lipinski definition) is 5. The first-order valence-corrected chi connectivity index (χ1v) is 8.51. The van der Waals surface area contributed by atoms with Gasteiger partial charge in [0, 0.05) is 38.2 Å². The second kappa shape index (κ2) is 6.61. The van der Waals surface area contributed by atoms with Crippen LogP contribution in [0.15, 0.2) is 10.6 Å². The number of rotatable bonds is 3. The van der Waals surface area contributed by atoms with Crippen LogP contribution in [0.2, 0.25) is 0 Å². The Balaban J connectivity index is 1.49. The van der Waals surface area contributed by atoms with Gasteiger partial charge in [-0.2, -0.15) is 0 Å². The lowest BCUT2D eigenvalue weighted by atomic mass is 9.94. The largest absolute Gasteiger partial charge is 0.444 e. The summed E-state index contributed by atoms with van der Waals surface area (Å²) in [5.74, 6) is 1.84. The van der Waals surface area contributed by atoms with Crippen LogP contribution in [0.4, 0.5) is 0 Å². The molecule has 0 bridgehead atoms. The summed E-state index contributed by atoms with van der Waals surface area (Å²) in [7, 11) is 0. The van der Waals surface area contributed by atoms with Gasteiger partial charge in [0.15, 0.2) is 0 Å². The maximum Gasteiger partial charge on any atom is 0.251 e. The third-order valence-corrected chi connectivity index (χ3v) is 4.54. The lowest BCUT2D eigenvalue weighted by Crippen LogP contribution is -2.51. The molecule has 1 amide bonds. The molecule has 0 radical (unpaired) electrons. The number of carbonyl (C=O) groups is 1. The van der Waals surface area contributed by atoms with E-state index >= 15 is 0 Å². The molecule has 1 aromatic rings. The Morgan fingerprint density at radius 2 is 2.04 bits per heavy atom. The molecule has 1 aromatic heterocycles. The van der Waals surface area contributed by atoms with Crippen LogP contribution in [0.5, 0.6) is 0 Å². The van der Waals surface area contributed by atoms with Gasteiger partial charge in [0.1, 0.15) is 11.9 Å². The van der Waals surface area contributed by atoms with Gasteiger partial charge >= 0.3 is 0 Å². The van der Waals surface area contributed by atoms with Gasteiger partial charge < -0.3 is 14.1 Å². The highest BCUT2D eigenvalue weighted by Crippen LogP contribution is 2.23. The quantitative estimate of drug-likeness (QED) is 0.849. The zero-order valence-electron chi connectivity index (χ0n) is 14.4. The van der Waals surface area contributed by atoms with Crippen molar-refractivity contribution in [2.75, 3.05) is 32.8 Å². The Morgan fingerprint density at radius 1 is 1.30 bits per heavy atom. The van der Waals surface area contributed by atoms with Gasteiger partial charge in [-0.15, -0.1) is 0 Å². The summed E-state index contributed by atoms with van der Waals surface area (Å²) in [6.45, 7) is 11.0. The normalized spacial score (nSPS) is 23.4. The molecule has 2 fully saturated rings. The van der Waals surface area contributed by atoms with Gasteiger partial charge in [-0.05, 0) is 12.8 Å². The number of oxazole rings is 1. The van der Waals surface area contributed by atoms with E-state index < -0.39 is 0 Å². The van der Waals surface area contributed by atoms with Crippen LogP contribution >= 0.6 is 0 Å². The van der Waals surface area contributed by atoms with Crippen LogP contribution in [-0.2, 0) is 21.5 Å². The Bertz CT molecular complexity index is 536. The van der Waals surface area contributed by atoms with E-state index in [4.69, 9.17) is 9.15 Å². The van der Waals surface area contributed by atoms with E-state index in [1.54, 1.807) is 0 Å². The summed E-state index contributed by atoms with van der Waals surface area (Å²) in [6, 6.07) is 0. The first-order valence-electron chi connectivity index (χ1n) is 8.51. The van der Waals surface area contributed by atoms with Gasteiger partial charge in [0.05, 0.1) is 12.7 Å².